The molecule has 1 aliphatic heterocycles. The van der Waals surface area contributed by atoms with E-state index in [9.17, 15) is 24.5 Å². The Hall–Kier alpha value is -3.43. The largest absolute Gasteiger partial charge is 0.493 e. The molecular formula is C21H25N3O7. The Labute approximate surface area is 179 Å². The van der Waals surface area contributed by atoms with Crippen molar-refractivity contribution in [3.8, 4) is 11.5 Å². The second-order valence-electron chi connectivity index (χ2n) is 7.51. The number of nitrogens with one attached hydrogen (secondary N) is 1. The number of ether oxygens (including phenoxy) is 2. The van der Waals surface area contributed by atoms with E-state index in [0.717, 1.165) is 4.90 Å². The molecule has 31 heavy (non-hydrogen) atoms. The Kier molecular flexibility index (Phi) is 6.57. The van der Waals surface area contributed by atoms with Gasteiger partial charge in [0.15, 0.2) is 11.5 Å². The van der Waals surface area contributed by atoms with E-state index in [4.69, 9.17) is 9.47 Å². The van der Waals surface area contributed by atoms with E-state index >= 15 is 0 Å². The molecule has 3 atom stereocenters. The van der Waals surface area contributed by atoms with Crippen molar-refractivity contribution in [2.75, 3.05) is 20.8 Å². The highest BCUT2D eigenvalue weighted by Gasteiger charge is 2.50. The smallest absolute Gasteiger partial charge is 0.276 e. The van der Waals surface area contributed by atoms with Crippen molar-refractivity contribution in [1.82, 2.24) is 10.2 Å². The predicted octanol–water partition coefficient (Wildman–Crippen LogP) is 1.61. The van der Waals surface area contributed by atoms with Crippen molar-refractivity contribution in [2.24, 2.45) is 11.8 Å². The zero-order valence-electron chi connectivity index (χ0n) is 17.6. The van der Waals surface area contributed by atoms with Crippen LogP contribution in [0.25, 0.3) is 0 Å². The second-order valence-corrected chi connectivity index (χ2v) is 7.51. The molecule has 1 saturated heterocycles. The molecule has 1 heterocycles. The highest BCUT2D eigenvalue weighted by atomic mass is 16.6. The van der Waals surface area contributed by atoms with E-state index < -0.39 is 28.7 Å². The van der Waals surface area contributed by atoms with E-state index in [0.29, 0.717) is 24.2 Å². The summed E-state index contributed by atoms with van der Waals surface area (Å²) in [5.41, 5.74) is 0.211. The van der Waals surface area contributed by atoms with Crippen LogP contribution in [-0.4, -0.2) is 54.4 Å². The molecule has 3 amide bonds. The van der Waals surface area contributed by atoms with Gasteiger partial charge in [-0.25, -0.2) is 0 Å². The van der Waals surface area contributed by atoms with Crippen LogP contribution in [0.4, 0.5) is 5.69 Å². The Balaban J connectivity index is 1.66. The molecule has 166 valence electrons. The van der Waals surface area contributed by atoms with Gasteiger partial charge in [0.05, 0.1) is 37.0 Å². The van der Waals surface area contributed by atoms with E-state index in [1.165, 1.54) is 33.3 Å². The molecule has 10 nitrogen and oxygen atoms in total. The summed E-state index contributed by atoms with van der Waals surface area (Å²) in [5, 5.41) is 14.1. The summed E-state index contributed by atoms with van der Waals surface area (Å²) < 4.78 is 10.3. The number of methoxy groups -OCH3 is 2. The van der Waals surface area contributed by atoms with Crippen LogP contribution in [0.3, 0.4) is 0 Å². The number of nitro benzene ring substituents is 1. The molecule has 0 bridgehead atoms. The van der Waals surface area contributed by atoms with Gasteiger partial charge in [-0.2, -0.15) is 0 Å². The molecule has 0 aromatic heterocycles. The van der Waals surface area contributed by atoms with Crippen molar-refractivity contribution in [3.63, 3.8) is 0 Å². The summed E-state index contributed by atoms with van der Waals surface area (Å²) in [6.45, 7) is 1.60. The zero-order valence-corrected chi connectivity index (χ0v) is 17.6. The van der Waals surface area contributed by atoms with Crippen molar-refractivity contribution >= 4 is 23.4 Å². The minimum Gasteiger partial charge on any atom is -0.493 e. The number of imide groups is 1. The van der Waals surface area contributed by atoms with Crippen LogP contribution >= 0.6 is 0 Å². The number of carbonyl (C=O) groups is 3. The van der Waals surface area contributed by atoms with E-state index in [-0.39, 0.29) is 36.2 Å². The van der Waals surface area contributed by atoms with E-state index in [1.54, 1.807) is 0 Å². The quantitative estimate of drug-likeness (QED) is 0.287. The molecule has 0 saturated carbocycles. The van der Waals surface area contributed by atoms with Gasteiger partial charge in [-0.1, -0.05) is 12.2 Å². The molecule has 1 N–H and O–H groups in total. The number of fused-ring (bicyclic) bond motifs is 1. The number of carbonyl (C=O) groups excluding carboxylic acids is 3. The van der Waals surface area contributed by atoms with Crippen LogP contribution in [-0.2, 0) is 20.8 Å². The Morgan fingerprint density at radius 2 is 1.71 bits per heavy atom. The van der Waals surface area contributed by atoms with Gasteiger partial charge >= 0.3 is 0 Å². The first-order chi connectivity index (χ1) is 14.8. The molecule has 3 rings (SSSR count). The van der Waals surface area contributed by atoms with Gasteiger partial charge in [0, 0.05) is 12.1 Å². The number of nitro groups is 1. The van der Waals surface area contributed by atoms with Gasteiger partial charge < -0.3 is 14.8 Å². The maximum atomic E-state index is 12.6. The maximum Gasteiger partial charge on any atom is 0.276 e. The number of likely N-dealkylation sites (tertiary alicyclic amines) is 1. The minimum absolute atomic E-state index is 0.0874. The molecule has 2 aliphatic rings. The third-order valence-corrected chi connectivity index (χ3v) is 5.78. The highest BCUT2D eigenvalue weighted by Crippen LogP contribution is 2.36. The minimum atomic E-state index is -0.953. The monoisotopic (exact) mass is 431 g/mol. The van der Waals surface area contributed by atoms with Gasteiger partial charge in [0.1, 0.15) is 6.04 Å². The average molecular weight is 431 g/mol. The number of amides is 3. The number of benzene rings is 1. The SMILES string of the molecule is COc1cc(CCNC(=O)[C@H](C)N2C(=O)C3CC=CCC3C2=O)c([N+](=O)[O-])cc1OC. The van der Waals surface area contributed by atoms with Crippen LogP contribution in [0.1, 0.15) is 25.3 Å². The third-order valence-electron chi connectivity index (χ3n) is 5.78. The normalized spacial score (nSPS) is 20.9. The summed E-state index contributed by atoms with van der Waals surface area (Å²) >= 11 is 0. The number of hydrogen-bond acceptors (Lipinski definition) is 7. The summed E-state index contributed by atoms with van der Waals surface area (Å²) in [7, 11) is 2.81. The van der Waals surface area contributed by atoms with Gasteiger partial charge in [-0.05, 0) is 32.3 Å². The number of nitrogens with zero attached hydrogens (tertiary/aromatic N) is 2. The van der Waals surface area contributed by atoms with Crippen molar-refractivity contribution < 1.29 is 28.8 Å². The van der Waals surface area contributed by atoms with Crippen molar-refractivity contribution in [1.29, 1.82) is 0 Å². The highest BCUT2D eigenvalue weighted by molar-refractivity contribution is 6.08. The molecule has 10 heteroatoms. The number of allylic oxidation sites excluding steroid dienone is 2. The standard InChI is InChI=1S/C21H25N3O7/c1-12(23-20(26)14-6-4-5-7-15(14)21(23)27)19(25)22-9-8-13-10-17(30-2)18(31-3)11-16(13)24(28)29/h4-5,10-12,14-15H,6-9H2,1-3H3,(H,22,25)/t12-,14?,15?/m0/s1. The molecule has 1 aliphatic carbocycles. The first-order valence-corrected chi connectivity index (χ1v) is 9.99. The van der Waals surface area contributed by atoms with Crippen LogP contribution in [0, 0.1) is 22.0 Å². The fourth-order valence-electron chi connectivity index (χ4n) is 4.07. The second kappa shape index (κ2) is 9.15. The third kappa shape index (κ3) is 4.23. The fraction of sp³-hybridized carbons (Fsp3) is 0.476. The summed E-state index contributed by atoms with van der Waals surface area (Å²) in [5.74, 6) is -1.36. The average Bonchev–Trinajstić information content (AvgIpc) is 3.02. The predicted molar refractivity (Wildman–Crippen MR) is 110 cm³/mol. The molecule has 2 unspecified atom stereocenters. The van der Waals surface area contributed by atoms with Gasteiger partial charge in [-0.3, -0.25) is 29.4 Å². The summed E-state index contributed by atoms with van der Waals surface area (Å²) in [6.07, 6.45) is 4.94. The van der Waals surface area contributed by atoms with E-state index in [2.05, 4.69) is 5.32 Å². The van der Waals surface area contributed by atoms with Gasteiger partial charge in [-0.15, -0.1) is 0 Å². The molecule has 0 spiro atoms. The van der Waals surface area contributed by atoms with Crippen molar-refractivity contribution in [2.45, 2.75) is 32.2 Å². The molecular weight excluding hydrogens is 406 g/mol. The van der Waals surface area contributed by atoms with Crippen LogP contribution in [0.5, 0.6) is 11.5 Å². The first-order valence-electron chi connectivity index (χ1n) is 9.99. The lowest BCUT2D eigenvalue weighted by molar-refractivity contribution is -0.385. The number of rotatable bonds is 8. The summed E-state index contributed by atoms with van der Waals surface area (Å²) in [4.78, 5) is 49.8. The lowest BCUT2D eigenvalue weighted by Crippen LogP contribution is -2.48. The topological polar surface area (TPSA) is 128 Å². The summed E-state index contributed by atoms with van der Waals surface area (Å²) in [6, 6.07) is 1.82. The van der Waals surface area contributed by atoms with Crippen LogP contribution < -0.4 is 14.8 Å². The lowest BCUT2D eigenvalue weighted by atomic mass is 9.85. The van der Waals surface area contributed by atoms with Crippen LogP contribution in [0.2, 0.25) is 0 Å². The first kappa shape index (κ1) is 22.3. The van der Waals surface area contributed by atoms with Crippen molar-refractivity contribution in [3.05, 3.63) is 40.0 Å². The Bertz CT molecular complexity index is 917. The Morgan fingerprint density at radius 1 is 1.16 bits per heavy atom. The zero-order chi connectivity index (χ0) is 22.7. The number of hydrogen-bond donors (Lipinski definition) is 1. The molecule has 1 aromatic rings. The lowest BCUT2D eigenvalue weighted by Gasteiger charge is -2.22. The van der Waals surface area contributed by atoms with Gasteiger partial charge in [0.2, 0.25) is 17.7 Å². The maximum absolute atomic E-state index is 12.6. The van der Waals surface area contributed by atoms with E-state index in [1.807, 2.05) is 12.2 Å². The fourth-order valence-corrected chi connectivity index (χ4v) is 4.07. The van der Waals surface area contributed by atoms with Crippen LogP contribution in [0.15, 0.2) is 24.3 Å². The Morgan fingerprint density at radius 3 is 2.23 bits per heavy atom. The molecule has 1 fully saturated rings. The molecule has 0 radical (unpaired) electrons. The molecule has 1 aromatic carbocycles. The van der Waals surface area contributed by atoms with Gasteiger partial charge in [0.25, 0.3) is 5.69 Å².